The van der Waals surface area contributed by atoms with Crippen LogP contribution in [0.25, 0.3) is 0 Å². The van der Waals surface area contributed by atoms with Crippen molar-refractivity contribution in [2.75, 3.05) is 13.2 Å². The van der Waals surface area contributed by atoms with Gasteiger partial charge in [-0.3, -0.25) is 4.79 Å². The molecule has 3 rings (SSSR count). The lowest BCUT2D eigenvalue weighted by molar-refractivity contribution is -0.146. The Bertz CT molecular complexity index is 951. The van der Waals surface area contributed by atoms with Crippen molar-refractivity contribution in [1.82, 2.24) is 0 Å². The Morgan fingerprint density at radius 1 is 1.03 bits per heavy atom. The molecule has 2 aromatic carbocycles. The third kappa shape index (κ3) is 5.72. The molecule has 1 aliphatic rings. The van der Waals surface area contributed by atoms with Gasteiger partial charge in [-0.15, -0.1) is 0 Å². The van der Waals surface area contributed by atoms with E-state index in [4.69, 9.17) is 9.47 Å². The minimum absolute atomic E-state index is 0.0945. The molecular formula is C25H27FO5. The fraction of sp³-hybridized carbons (Fsp3) is 0.360. The van der Waals surface area contributed by atoms with E-state index in [2.05, 4.69) is 4.74 Å². The van der Waals surface area contributed by atoms with Gasteiger partial charge in [0.15, 0.2) is 0 Å². The highest BCUT2D eigenvalue weighted by Gasteiger charge is 2.62. The number of para-hydroxylation sites is 1. The second kappa shape index (κ2) is 9.77. The van der Waals surface area contributed by atoms with Crippen molar-refractivity contribution < 1.29 is 28.2 Å². The Balaban J connectivity index is 1.52. The van der Waals surface area contributed by atoms with E-state index in [9.17, 15) is 14.0 Å². The Morgan fingerprint density at radius 3 is 2.45 bits per heavy atom. The number of carbonyl (C=O) groups excluding carboxylic acids is 2. The van der Waals surface area contributed by atoms with Gasteiger partial charge in [0.25, 0.3) is 0 Å². The maximum atomic E-state index is 13.9. The monoisotopic (exact) mass is 426 g/mol. The topological polar surface area (TPSA) is 61.8 Å². The fourth-order valence-corrected chi connectivity index (χ4v) is 3.61. The summed E-state index contributed by atoms with van der Waals surface area (Å²) in [6, 6.07) is 17.1. The average molecular weight is 426 g/mol. The van der Waals surface area contributed by atoms with Crippen molar-refractivity contribution >= 4 is 11.9 Å². The van der Waals surface area contributed by atoms with E-state index >= 15 is 0 Å². The molecule has 0 spiro atoms. The largest absolute Gasteiger partial charge is 0.465 e. The standard InChI is InChI=1S/C25H27FO5/c1-4-29-23(27)21(26)16-20-22(25(20,2)3)24(28)30-14-13-17-9-8-12-19(15-17)31-18-10-6-5-7-11-18/h5-12,15-16,20,22H,4,13-14H2,1-3H3/b21-16+/t20-,22-/m0/s1. The summed E-state index contributed by atoms with van der Waals surface area (Å²) < 4.78 is 29.9. The number of halogens is 1. The minimum Gasteiger partial charge on any atom is -0.465 e. The van der Waals surface area contributed by atoms with E-state index in [0.29, 0.717) is 12.2 Å². The first kappa shape index (κ1) is 22.5. The van der Waals surface area contributed by atoms with Gasteiger partial charge in [-0.2, -0.15) is 4.39 Å². The number of ether oxygens (including phenoxy) is 3. The summed E-state index contributed by atoms with van der Waals surface area (Å²) >= 11 is 0. The summed E-state index contributed by atoms with van der Waals surface area (Å²) in [6.07, 6.45) is 1.71. The van der Waals surface area contributed by atoms with Crippen molar-refractivity contribution in [2.45, 2.75) is 27.2 Å². The zero-order valence-corrected chi connectivity index (χ0v) is 18.0. The number of allylic oxidation sites excluding steroid dienone is 1. The van der Waals surface area contributed by atoms with Crippen molar-refractivity contribution in [1.29, 1.82) is 0 Å². The molecule has 6 heteroatoms. The first-order chi connectivity index (χ1) is 14.8. The zero-order valence-electron chi connectivity index (χ0n) is 18.0. The summed E-state index contributed by atoms with van der Waals surface area (Å²) in [5, 5.41) is 0. The zero-order chi connectivity index (χ0) is 22.4. The molecule has 5 nitrogen and oxygen atoms in total. The van der Waals surface area contributed by atoms with E-state index in [1.54, 1.807) is 6.92 Å². The average Bonchev–Trinajstić information content (AvgIpc) is 3.28. The van der Waals surface area contributed by atoms with Gasteiger partial charge in [0.1, 0.15) is 11.5 Å². The van der Waals surface area contributed by atoms with Crippen LogP contribution in [0.2, 0.25) is 0 Å². The summed E-state index contributed by atoms with van der Waals surface area (Å²) in [5.74, 6) is -1.79. The lowest BCUT2D eigenvalue weighted by Crippen LogP contribution is -2.13. The summed E-state index contributed by atoms with van der Waals surface area (Å²) in [6.45, 7) is 5.61. The van der Waals surface area contributed by atoms with E-state index < -0.39 is 29.0 Å². The van der Waals surface area contributed by atoms with Crippen molar-refractivity contribution in [3.05, 3.63) is 72.1 Å². The van der Waals surface area contributed by atoms with Gasteiger partial charge >= 0.3 is 11.9 Å². The van der Waals surface area contributed by atoms with Crippen LogP contribution in [0, 0.1) is 17.3 Å². The van der Waals surface area contributed by atoms with Crippen LogP contribution in [-0.2, 0) is 25.5 Å². The molecule has 0 aliphatic heterocycles. The normalized spacial score (nSPS) is 19.4. The van der Waals surface area contributed by atoms with Crippen LogP contribution in [0.15, 0.2) is 66.5 Å². The number of rotatable bonds is 9. The predicted molar refractivity (Wildman–Crippen MR) is 114 cm³/mol. The van der Waals surface area contributed by atoms with Crippen LogP contribution in [0.5, 0.6) is 11.5 Å². The van der Waals surface area contributed by atoms with E-state index in [0.717, 1.165) is 11.3 Å². The molecule has 1 fully saturated rings. The van der Waals surface area contributed by atoms with Crippen LogP contribution in [0.4, 0.5) is 4.39 Å². The first-order valence-corrected chi connectivity index (χ1v) is 10.4. The third-order valence-corrected chi connectivity index (χ3v) is 5.47. The number of carbonyl (C=O) groups is 2. The second-order valence-electron chi connectivity index (χ2n) is 8.04. The molecule has 0 radical (unpaired) electrons. The lowest BCUT2D eigenvalue weighted by atomic mass is 10.1. The molecule has 0 amide bonds. The smallest absolute Gasteiger partial charge is 0.366 e. The van der Waals surface area contributed by atoms with Crippen molar-refractivity contribution in [3.8, 4) is 11.5 Å². The molecule has 164 valence electrons. The van der Waals surface area contributed by atoms with Crippen molar-refractivity contribution in [3.63, 3.8) is 0 Å². The highest BCUT2D eigenvalue weighted by Crippen LogP contribution is 2.59. The molecule has 0 unspecified atom stereocenters. The van der Waals surface area contributed by atoms with Gasteiger partial charge in [-0.25, -0.2) is 4.79 Å². The number of hydrogen-bond donors (Lipinski definition) is 0. The van der Waals surface area contributed by atoms with Crippen LogP contribution in [-0.4, -0.2) is 25.2 Å². The number of benzene rings is 2. The van der Waals surface area contributed by atoms with Crippen LogP contribution in [0.3, 0.4) is 0 Å². The van der Waals surface area contributed by atoms with Gasteiger partial charge < -0.3 is 14.2 Å². The van der Waals surface area contributed by atoms with Gasteiger partial charge in [-0.1, -0.05) is 44.2 Å². The minimum atomic E-state index is -1.00. The summed E-state index contributed by atoms with van der Waals surface area (Å²) in [4.78, 5) is 24.0. The van der Waals surface area contributed by atoms with Crippen LogP contribution in [0.1, 0.15) is 26.3 Å². The van der Waals surface area contributed by atoms with E-state index in [-0.39, 0.29) is 19.2 Å². The predicted octanol–water partition coefficient (Wildman–Crippen LogP) is 5.25. The van der Waals surface area contributed by atoms with Crippen LogP contribution >= 0.6 is 0 Å². The molecule has 0 heterocycles. The quantitative estimate of drug-likeness (QED) is 0.405. The molecule has 0 aromatic heterocycles. The van der Waals surface area contributed by atoms with Gasteiger partial charge in [0, 0.05) is 6.42 Å². The Hall–Kier alpha value is -3.15. The number of esters is 2. The third-order valence-electron chi connectivity index (χ3n) is 5.47. The second-order valence-corrected chi connectivity index (χ2v) is 8.04. The highest BCUT2D eigenvalue weighted by molar-refractivity contribution is 5.86. The van der Waals surface area contributed by atoms with Crippen LogP contribution < -0.4 is 4.74 Å². The number of hydrogen-bond acceptors (Lipinski definition) is 5. The highest BCUT2D eigenvalue weighted by atomic mass is 19.1. The maximum absolute atomic E-state index is 13.9. The molecule has 31 heavy (non-hydrogen) atoms. The molecule has 2 atom stereocenters. The molecule has 0 bridgehead atoms. The summed E-state index contributed by atoms with van der Waals surface area (Å²) in [5.41, 5.74) is 0.505. The van der Waals surface area contributed by atoms with Crippen molar-refractivity contribution in [2.24, 2.45) is 17.3 Å². The molecule has 0 saturated heterocycles. The molecule has 2 aromatic rings. The summed E-state index contributed by atoms with van der Waals surface area (Å²) in [7, 11) is 0. The molecule has 0 N–H and O–H groups in total. The Morgan fingerprint density at radius 2 is 1.74 bits per heavy atom. The molecule has 1 saturated carbocycles. The van der Waals surface area contributed by atoms with Gasteiger partial charge in [-0.05, 0) is 54.2 Å². The first-order valence-electron chi connectivity index (χ1n) is 10.4. The molecular weight excluding hydrogens is 399 g/mol. The van der Waals surface area contributed by atoms with Gasteiger partial charge in [0.05, 0.1) is 19.1 Å². The fourth-order valence-electron chi connectivity index (χ4n) is 3.61. The SMILES string of the molecule is CCOC(=O)/C(F)=C\[C@H]1[C@@H](C(=O)OCCc2cccc(Oc3ccccc3)c2)C1(C)C. The van der Waals surface area contributed by atoms with E-state index in [1.165, 1.54) is 6.08 Å². The maximum Gasteiger partial charge on any atom is 0.366 e. The van der Waals surface area contributed by atoms with E-state index in [1.807, 2.05) is 68.4 Å². The van der Waals surface area contributed by atoms with Gasteiger partial charge in [0.2, 0.25) is 5.83 Å². The Kier molecular flexibility index (Phi) is 7.10. The molecule has 1 aliphatic carbocycles. The Labute approximate surface area is 181 Å². The lowest BCUT2D eigenvalue weighted by Gasteiger charge is -2.09.